The number of methoxy groups -OCH3 is 1. The number of rotatable bonds is 9. The predicted octanol–water partition coefficient (Wildman–Crippen LogP) is 5.18. The van der Waals surface area contributed by atoms with Crippen molar-refractivity contribution in [1.82, 2.24) is 0 Å². The van der Waals surface area contributed by atoms with Gasteiger partial charge in [-0.2, -0.15) is 0 Å². The molecule has 0 atom stereocenters. The maximum atomic E-state index is 12.6. The molecule has 0 unspecified atom stereocenters. The Hall–Kier alpha value is -4.30. The molecule has 4 rings (SSSR count). The van der Waals surface area contributed by atoms with Crippen LogP contribution in [0.1, 0.15) is 0 Å². The van der Waals surface area contributed by atoms with E-state index in [1.807, 2.05) is 54.6 Å². The first kappa shape index (κ1) is 23.8. The molecule has 0 aliphatic carbocycles. The number of amides is 1. The van der Waals surface area contributed by atoms with Gasteiger partial charge in [0.15, 0.2) is 6.61 Å². The molecule has 35 heavy (non-hydrogen) atoms. The van der Waals surface area contributed by atoms with Gasteiger partial charge >= 0.3 is 0 Å². The Morgan fingerprint density at radius 1 is 0.714 bits per heavy atom. The minimum atomic E-state index is -3.78. The van der Waals surface area contributed by atoms with Gasteiger partial charge < -0.3 is 14.8 Å². The summed E-state index contributed by atoms with van der Waals surface area (Å²) in [7, 11) is -2.24. The van der Waals surface area contributed by atoms with Gasteiger partial charge in [-0.1, -0.05) is 42.5 Å². The summed E-state index contributed by atoms with van der Waals surface area (Å²) in [6, 6.07) is 29.9. The van der Waals surface area contributed by atoms with Crippen LogP contribution in [0, 0.1) is 0 Å². The third-order valence-electron chi connectivity index (χ3n) is 5.12. The van der Waals surface area contributed by atoms with Crippen LogP contribution in [0.15, 0.2) is 108 Å². The number of benzene rings is 4. The number of carbonyl (C=O) groups is 1. The van der Waals surface area contributed by atoms with Crippen molar-refractivity contribution in [3.8, 4) is 22.6 Å². The molecule has 0 fully saturated rings. The van der Waals surface area contributed by atoms with Crippen molar-refractivity contribution in [2.75, 3.05) is 23.8 Å². The van der Waals surface area contributed by atoms with Gasteiger partial charge in [0.05, 0.1) is 12.0 Å². The highest BCUT2D eigenvalue weighted by molar-refractivity contribution is 7.92. The molecule has 178 valence electrons. The van der Waals surface area contributed by atoms with Crippen molar-refractivity contribution in [3.63, 3.8) is 0 Å². The highest BCUT2D eigenvalue weighted by Gasteiger charge is 2.14. The Labute approximate surface area is 204 Å². The fourth-order valence-corrected chi connectivity index (χ4v) is 4.37. The van der Waals surface area contributed by atoms with Crippen molar-refractivity contribution >= 4 is 27.3 Å². The summed E-state index contributed by atoms with van der Waals surface area (Å²) >= 11 is 0. The molecule has 8 heteroatoms. The van der Waals surface area contributed by atoms with E-state index < -0.39 is 10.0 Å². The molecule has 0 aliphatic rings. The first-order chi connectivity index (χ1) is 16.9. The summed E-state index contributed by atoms with van der Waals surface area (Å²) in [6.45, 7) is -0.177. The fraction of sp³-hybridized carbons (Fsp3) is 0.0741. The molecule has 0 aromatic heterocycles. The van der Waals surface area contributed by atoms with Crippen LogP contribution >= 0.6 is 0 Å². The van der Waals surface area contributed by atoms with E-state index in [4.69, 9.17) is 9.47 Å². The third-order valence-corrected chi connectivity index (χ3v) is 6.52. The van der Waals surface area contributed by atoms with Crippen LogP contribution in [0.4, 0.5) is 11.4 Å². The average Bonchev–Trinajstić information content (AvgIpc) is 2.89. The van der Waals surface area contributed by atoms with Gasteiger partial charge in [-0.15, -0.1) is 0 Å². The number of carbonyl (C=O) groups excluding carboxylic acids is 1. The molecule has 4 aromatic rings. The zero-order valence-corrected chi connectivity index (χ0v) is 19.8. The molecule has 2 N–H and O–H groups in total. The number of anilines is 2. The molecule has 0 aliphatic heterocycles. The summed E-state index contributed by atoms with van der Waals surface area (Å²) in [5.74, 6) is 0.844. The summed E-state index contributed by atoms with van der Waals surface area (Å²) in [5.41, 5.74) is 3.03. The second kappa shape index (κ2) is 10.8. The van der Waals surface area contributed by atoms with Crippen LogP contribution < -0.4 is 19.5 Å². The van der Waals surface area contributed by atoms with Crippen molar-refractivity contribution in [3.05, 3.63) is 103 Å². The largest absolute Gasteiger partial charge is 0.497 e. The SMILES string of the molecule is COc1ccc(NS(=O)(=O)c2ccc(NC(=O)COc3ccc(-c4ccccc4)cc3)cc2)cc1. The highest BCUT2D eigenvalue weighted by atomic mass is 32.2. The number of sulfonamides is 1. The summed E-state index contributed by atoms with van der Waals surface area (Å²) < 4.78 is 38.4. The van der Waals surface area contributed by atoms with E-state index in [2.05, 4.69) is 10.0 Å². The number of ether oxygens (including phenoxy) is 2. The van der Waals surface area contributed by atoms with Crippen molar-refractivity contribution in [2.45, 2.75) is 4.90 Å². The Morgan fingerprint density at radius 3 is 1.91 bits per heavy atom. The smallest absolute Gasteiger partial charge is 0.262 e. The first-order valence-corrected chi connectivity index (χ1v) is 12.3. The molecule has 0 saturated heterocycles. The highest BCUT2D eigenvalue weighted by Crippen LogP contribution is 2.23. The van der Waals surface area contributed by atoms with Crippen molar-refractivity contribution in [2.24, 2.45) is 0 Å². The zero-order chi connectivity index (χ0) is 24.7. The normalized spacial score (nSPS) is 10.9. The molecular formula is C27H24N2O5S. The molecule has 0 bridgehead atoms. The maximum absolute atomic E-state index is 12.6. The van der Waals surface area contributed by atoms with Crippen LogP contribution in [0.5, 0.6) is 11.5 Å². The first-order valence-electron chi connectivity index (χ1n) is 10.8. The van der Waals surface area contributed by atoms with Gasteiger partial charge in [-0.3, -0.25) is 9.52 Å². The lowest BCUT2D eigenvalue weighted by molar-refractivity contribution is -0.118. The molecule has 1 amide bonds. The standard InChI is InChI=1S/C27H24N2O5S/c1-33-24-15-9-23(10-16-24)29-35(31,32)26-17-11-22(12-18-26)28-27(30)19-34-25-13-7-21(8-14-25)20-5-3-2-4-6-20/h2-18,29H,19H2,1H3,(H,28,30). The maximum Gasteiger partial charge on any atom is 0.262 e. The van der Waals surface area contributed by atoms with Crippen LogP contribution in [-0.4, -0.2) is 28.0 Å². The summed E-state index contributed by atoms with van der Waals surface area (Å²) in [4.78, 5) is 12.3. The molecule has 7 nitrogen and oxygen atoms in total. The van der Waals surface area contributed by atoms with Crippen LogP contribution in [0.3, 0.4) is 0 Å². The molecule has 0 radical (unpaired) electrons. The lowest BCUT2D eigenvalue weighted by Gasteiger charge is -2.11. The molecule has 0 saturated carbocycles. The van der Waals surface area contributed by atoms with E-state index in [-0.39, 0.29) is 17.4 Å². The second-order valence-corrected chi connectivity index (χ2v) is 9.27. The Kier molecular flexibility index (Phi) is 7.32. The van der Waals surface area contributed by atoms with Gasteiger partial charge in [0.1, 0.15) is 11.5 Å². The van der Waals surface area contributed by atoms with E-state index in [1.54, 1.807) is 24.3 Å². The minimum absolute atomic E-state index is 0.0704. The van der Waals surface area contributed by atoms with E-state index in [9.17, 15) is 13.2 Å². The van der Waals surface area contributed by atoms with E-state index in [1.165, 1.54) is 31.4 Å². The van der Waals surface area contributed by atoms with E-state index in [0.717, 1.165) is 11.1 Å². The Bertz CT molecular complexity index is 1370. The lowest BCUT2D eigenvalue weighted by Crippen LogP contribution is -2.20. The Morgan fingerprint density at radius 2 is 1.29 bits per heavy atom. The number of hydrogen-bond acceptors (Lipinski definition) is 5. The Balaban J connectivity index is 1.30. The van der Waals surface area contributed by atoms with Crippen LogP contribution in [0.25, 0.3) is 11.1 Å². The van der Waals surface area contributed by atoms with Gasteiger partial charge in [-0.25, -0.2) is 8.42 Å². The molecule has 0 spiro atoms. The molecule has 4 aromatic carbocycles. The topological polar surface area (TPSA) is 93.7 Å². The van der Waals surface area contributed by atoms with Gasteiger partial charge in [0, 0.05) is 11.4 Å². The molecule has 0 heterocycles. The van der Waals surface area contributed by atoms with E-state index >= 15 is 0 Å². The minimum Gasteiger partial charge on any atom is -0.497 e. The van der Waals surface area contributed by atoms with Crippen LogP contribution in [-0.2, 0) is 14.8 Å². The lowest BCUT2D eigenvalue weighted by atomic mass is 10.1. The van der Waals surface area contributed by atoms with Gasteiger partial charge in [0.25, 0.3) is 15.9 Å². The summed E-state index contributed by atoms with van der Waals surface area (Å²) in [5, 5.41) is 2.70. The van der Waals surface area contributed by atoms with Gasteiger partial charge in [-0.05, 0) is 71.8 Å². The third kappa shape index (κ3) is 6.39. The predicted molar refractivity (Wildman–Crippen MR) is 136 cm³/mol. The van der Waals surface area contributed by atoms with Crippen LogP contribution in [0.2, 0.25) is 0 Å². The summed E-state index contributed by atoms with van der Waals surface area (Å²) in [6.07, 6.45) is 0. The zero-order valence-electron chi connectivity index (χ0n) is 19.0. The monoisotopic (exact) mass is 488 g/mol. The quantitative estimate of drug-likeness (QED) is 0.339. The van der Waals surface area contributed by atoms with Crippen molar-refractivity contribution in [1.29, 1.82) is 0 Å². The second-order valence-electron chi connectivity index (χ2n) is 7.59. The van der Waals surface area contributed by atoms with Gasteiger partial charge in [0.2, 0.25) is 0 Å². The van der Waals surface area contributed by atoms with Crippen molar-refractivity contribution < 1.29 is 22.7 Å². The average molecular weight is 489 g/mol. The number of nitrogens with one attached hydrogen (secondary N) is 2. The molecular weight excluding hydrogens is 464 g/mol. The van der Waals surface area contributed by atoms with E-state index in [0.29, 0.717) is 22.9 Å². The fourth-order valence-electron chi connectivity index (χ4n) is 3.31. The number of hydrogen-bond donors (Lipinski definition) is 2.